The molecule has 0 atom stereocenters. The van der Waals surface area contributed by atoms with Gasteiger partial charge in [-0.1, -0.05) is 15.9 Å². The number of nitrogens with zero attached hydrogens (tertiary/aromatic N) is 1. The van der Waals surface area contributed by atoms with Gasteiger partial charge in [0.05, 0.1) is 10.9 Å². The van der Waals surface area contributed by atoms with Crippen LogP contribution in [0.5, 0.6) is 0 Å². The van der Waals surface area contributed by atoms with Gasteiger partial charge in [0, 0.05) is 7.05 Å². The minimum Gasteiger partial charge on any atom is -0.345 e. The van der Waals surface area contributed by atoms with Gasteiger partial charge in [-0.15, -0.1) is 0 Å². The molecule has 2 amide bonds. The molecule has 0 aromatic carbocycles. The Morgan fingerprint density at radius 2 is 1.76 bits per heavy atom. The van der Waals surface area contributed by atoms with E-state index < -0.39 is 29.5 Å². The van der Waals surface area contributed by atoms with Crippen molar-refractivity contribution in [2.45, 2.75) is 24.3 Å². The van der Waals surface area contributed by atoms with Crippen molar-refractivity contribution in [3.63, 3.8) is 0 Å². The highest BCUT2D eigenvalue weighted by Crippen LogP contribution is 2.18. The number of alkyl halides is 4. The Kier molecular flexibility index (Phi) is 5.44. The van der Waals surface area contributed by atoms with Gasteiger partial charge in [0.1, 0.15) is 6.54 Å². The highest BCUT2D eigenvalue weighted by molar-refractivity contribution is 9.10. The van der Waals surface area contributed by atoms with Crippen molar-refractivity contribution in [3.05, 3.63) is 0 Å². The second kappa shape index (κ2) is 5.70. The Morgan fingerprint density at radius 3 is 2.12 bits per heavy atom. The Bertz CT molecular complexity index is 300. The van der Waals surface area contributed by atoms with Crippen molar-refractivity contribution in [2.24, 2.45) is 0 Å². The van der Waals surface area contributed by atoms with Crippen LogP contribution in [0.4, 0.5) is 13.2 Å². The highest BCUT2D eigenvalue weighted by atomic mass is 79.9. The molecule has 0 fully saturated rings. The quantitative estimate of drug-likeness (QED) is 0.794. The molecule has 0 aromatic heterocycles. The summed E-state index contributed by atoms with van der Waals surface area (Å²) in [4.78, 5) is 23.7. The summed E-state index contributed by atoms with van der Waals surface area (Å²) in [6.07, 6.45) is -4.45. The Balaban J connectivity index is 4.18. The summed E-state index contributed by atoms with van der Waals surface area (Å²) in [5.74, 6) is -1.24. The summed E-state index contributed by atoms with van der Waals surface area (Å²) < 4.78 is 34.5. The number of hydrogen-bond acceptors (Lipinski definition) is 2. The van der Waals surface area contributed by atoms with E-state index in [1.165, 1.54) is 7.05 Å². The molecular formula is C9H14BrF3N2O2. The molecule has 0 aliphatic carbocycles. The molecule has 0 rings (SSSR count). The molecule has 100 valence electrons. The van der Waals surface area contributed by atoms with Crippen molar-refractivity contribution >= 4 is 27.7 Å². The minimum atomic E-state index is -4.45. The molecule has 0 spiro atoms. The minimum absolute atomic E-state index is 0.389. The number of rotatable bonds is 4. The van der Waals surface area contributed by atoms with E-state index in [4.69, 9.17) is 0 Å². The summed E-state index contributed by atoms with van der Waals surface area (Å²) in [6, 6.07) is 0. The largest absolute Gasteiger partial charge is 0.405 e. The van der Waals surface area contributed by atoms with Gasteiger partial charge in [-0.05, 0) is 13.8 Å². The van der Waals surface area contributed by atoms with Gasteiger partial charge < -0.3 is 10.2 Å². The molecule has 0 unspecified atom stereocenters. The Morgan fingerprint density at radius 1 is 1.29 bits per heavy atom. The van der Waals surface area contributed by atoms with Crippen LogP contribution in [0, 0.1) is 0 Å². The second-order valence-electron chi connectivity index (χ2n) is 4.03. The number of nitrogens with one attached hydrogen (secondary N) is 1. The molecule has 0 aliphatic rings. The fourth-order valence-corrected chi connectivity index (χ4v) is 1.30. The third-order valence-corrected chi connectivity index (χ3v) is 2.06. The van der Waals surface area contributed by atoms with Crippen LogP contribution < -0.4 is 5.32 Å². The standard InChI is InChI=1S/C9H14BrF3N2O2/c1-8(2,10)7(17)15(3)4-6(16)14-5-9(11,12)13/h4-5H2,1-3H3,(H,14,16). The van der Waals surface area contributed by atoms with Crippen LogP contribution in [-0.2, 0) is 9.59 Å². The van der Waals surface area contributed by atoms with Crippen LogP contribution in [-0.4, -0.2) is 47.4 Å². The number of hydrogen-bond donors (Lipinski definition) is 1. The van der Waals surface area contributed by atoms with E-state index in [0.29, 0.717) is 0 Å². The maximum absolute atomic E-state index is 11.8. The van der Waals surface area contributed by atoms with Gasteiger partial charge in [-0.25, -0.2) is 0 Å². The zero-order valence-electron chi connectivity index (χ0n) is 9.69. The zero-order valence-corrected chi connectivity index (χ0v) is 11.3. The molecule has 0 saturated carbocycles. The lowest BCUT2D eigenvalue weighted by Crippen LogP contribution is -2.46. The first kappa shape index (κ1) is 16.2. The molecule has 4 nitrogen and oxygen atoms in total. The number of carbonyl (C=O) groups excluding carboxylic acids is 2. The molecule has 1 N–H and O–H groups in total. The number of carbonyl (C=O) groups is 2. The van der Waals surface area contributed by atoms with Crippen molar-refractivity contribution in [2.75, 3.05) is 20.1 Å². The first-order valence-electron chi connectivity index (χ1n) is 4.71. The first-order valence-corrected chi connectivity index (χ1v) is 5.50. The molecule has 0 aromatic rings. The van der Waals surface area contributed by atoms with E-state index in [9.17, 15) is 22.8 Å². The predicted molar refractivity (Wildman–Crippen MR) is 59.7 cm³/mol. The van der Waals surface area contributed by atoms with Gasteiger partial charge in [0.25, 0.3) is 0 Å². The van der Waals surface area contributed by atoms with Crippen molar-refractivity contribution < 1.29 is 22.8 Å². The van der Waals surface area contributed by atoms with E-state index in [-0.39, 0.29) is 5.91 Å². The number of amides is 2. The van der Waals surface area contributed by atoms with Crippen LogP contribution in [0.25, 0.3) is 0 Å². The van der Waals surface area contributed by atoms with Crippen LogP contribution in [0.3, 0.4) is 0 Å². The van der Waals surface area contributed by atoms with Crippen LogP contribution in [0.2, 0.25) is 0 Å². The molecule has 8 heteroatoms. The van der Waals surface area contributed by atoms with Crippen molar-refractivity contribution in [3.8, 4) is 0 Å². The summed E-state index contributed by atoms with van der Waals surface area (Å²) in [7, 11) is 1.35. The van der Waals surface area contributed by atoms with E-state index in [0.717, 1.165) is 4.90 Å². The second-order valence-corrected chi connectivity index (χ2v) is 6.01. The van der Waals surface area contributed by atoms with Gasteiger partial charge in [-0.2, -0.15) is 13.2 Å². The van der Waals surface area contributed by atoms with E-state index in [1.807, 2.05) is 0 Å². The van der Waals surface area contributed by atoms with Gasteiger partial charge in [0.2, 0.25) is 11.8 Å². The van der Waals surface area contributed by atoms with Crippen LogP contribution in [0.1, 0.15) is 13.8 Å². The topological polar surface area (TPSA) is 49.4 Å². The molecule has 0 radical (unpaired) electrons. The number of likely N-dealkylation sites (N-methyl/N-ethyl adjacent to an activating group) is 1. The van der Waals surface area contributed by atoms with Crippen molar-refractivity contribution in [1.29, 1.82) is 0 Å². The lowest BCUT2D eigenvalue weighted by molar-refractivity contribution is -0.142. The SMILES string of the molecule is CN(CC(=O)NCC(F)(F)F)C(=O)C(C)(C)Br. The fourth-order valence-electron chi connectivity index (χ4n) is 0.996. The average molecular weight is 319 g/mol. The summed E-state index contributed by atoms with van der Waals surface area (Å²) in [5, 5.41) is 1.69. The molecular weight excluding hydrogens is 305 g/mol. The normalized spacial score (nSPS) is 12.2. The molecule has 0 saturated heterocycles. The third kappa shape index (κ3) is 7.19. The molecule has 17 heavy (non-hydrogen) atoms. The lowest BCUT2D eigenvalue weighted by atomic mass is 10.2. The molecule has 0 heterocycles. The molecule has 0 bridgehead atoms. The maximum atomic E-state index is 11.8. The van der Waals surface area contributed by atoms with Crippen molar-refractivity contribution in [1.82, 2.24) is 10.2 Å². The Labute approximate surface area is 106 Å². The van der Waals surface area contributed by atoms with E-state index >= 15 is 0 Å². The monoisotopic (exact) mass is 318 g/mol. The van der Waals surface area contributed by atoms with E-state index in [1.54, 1.807) is 19.2 Å². The lowest BCUT2D eigenvalue weighted by Gasteiger charge is -2.24. The highest BCUT2D eigenvalue weighted by Gasteiger charge is 2.30. The average Bonchev–Trinajstić information content (AvgIpc) is 2.10. The van der Waals surface area contributed by atoms with Gasteiger partial charge in [-0.3, -0.25) is 9.59 Å². The summed E-state index contributed by atoms with van der Waals surface area (Å²) >= 11 is 3.10. The van der Waals surface area contributed by atoms with Crippen LogP contribution in [0.15, 0.2) is 0 Å². The maximum Gasteiger partial charge on any atom is 0.405 e. The van der Waals surface area contributed by atoms with Gasteiger partial charge in [0.15, 0.2) is 0 Å². The fraction of sp³-hybridized carbons (Fsp3) is 0.778. The zero-order chi connectivity index (χ0) is 13.9. The smallest absolute Gasteiger partial charge is 0.345 e. The number of halogens is 4. The third-order valence-electron chi connectivity index (χ3n) is 1.72. The summed E-state index contributed by atoms with van der Waals surface area (Å²) in [5.41, 5.74) is 0. The first-order chi connectivity index (χ1) is 7.43. The van der Waals surface area contributed by atoms with E-state index in [2.05, 4.69) is 15.9 Å². The molecule has 0 aliphatic heterocycles. The predicted octanol–water partition coefficient (Wildman–Crippen LogP) is 1.30. The Hall–Kier alpha value is -0.790. The van der Waals surface area contributed by atoms with Crippen LogP contribution >= 0.6 is 15.9 Å². The summed E-state index contributed by atoms with van der Waals surface area (Å²) in [6.45, 7) is 1.36. The van der Waals surface area contributed by atoms with Gasteiger partial charge >= 0.3 is 6.18 Å².